The minimum atomic E-state index is -0.0346. The summed E-state index contributed by atoms with van der Waals surface area (Å²) in [5.74, 6) is 0.815. The molecule has 0 bridgehead atoms. The summed E-state index contributed by atoms with van der Waals surface area (Å²) in [5, 5.41) is 0. The molecule has 1 aromatic rings. The van der Waals surface area contributed by atoms with Gasteiger partial charge in [-0.1, -0.05) is 13.0 Å². The number of hydrogen-bond donors (Lipinski definition) is 1. The number of likely N-dealkylation sites (tertiary alicyclic amines) is 1. The van der Waals surface area contributed by atoms with Crippen molar-refractivity contribution in [1.82, 2.24) is 4.90 Å². The molecule has 0 atom stereocenters. The van der Waals surface area contributed by atoms with Crippen LogP contribution in [-0.4, -0.2) is 43.7 Å². The molecular formula is C19H30N2O3. The number of ether oxygens (including phenoxy) is 2. The third-order valence-electron chi connectivity index (χ3n) is 4.46. The summed E-state index contributed by atoms with van der Waals surface area (Å²) in [6.07, 6.45) is 3.72. The fourth-order valence-electron chi connectivity index (χ4n) is 3.04. The molecule has 0 radical (unpaired) electrons. The van der Waals surface area contributed by atoms with E-state index < -0.39 is 0 Å². The van der Waals surface area contributed by atoms with Gasteiger partial charge in [0, 0.05) is 6.54 Å². The molecule has 2 N–H and O–H groups in total. The van der Waals surface area contributed by atoms with E-state index in [2.05, 4.69) is 17.9 Å². The number of rotatable bonds is 8. The summed E-state index contributed by atoms with van der Waals surface area (Å²) in [5.41, 5.74) is 8.00. The number of anilines is 1. The first-order chi connectivity index (χ1) is 11.6. The maximum absolute atomic E-state index is 11.8. The van der Waals surface area contributed by atoms with E-state index in [-0.39, 0.29) is 11.9 Å². The van der Waals surface area contributed by atoms with Gasteiger partial charge in [0.1, 0.15) is 5.75 Å². The van der Waals surface area contributed by atoms with Crippen molar-refractivity contribution in [2.45, 2.75) is 39.5 Å². The van der Waals surface area contributed by atoms with E-state index in [1.54, 1.807) is 0 Å². The van der Waals surface area contributed by atoms with Gasteiger partial charge in [-0.15, -0.1) is 0 Å². The molecule has 0 aliphatic carbocycles. The zero-order chi connectivity index (χ0) is 17.4. The Morgan fingerprint density at radius 1 is 1.29 bits per heavy atom. The number of nitrogen functional groups attached to an aromatic ring is 1. The summed E-state index contributed by atoms with van der Waals surface area (Å²) in [4.78, 5) is 14.2. The van der Waals surface area contributed by atoms with Crippen LogP contribution in [0.2, 0.25) is 0 Å². The van der Waals surface area contributed by atoms with E-state index in [4.69, 9.17) is 15.2 Å². The molecule has 5 heteroatoms. The third kappa shape index (κ3) is 5.41. The van der Waals surface area contributed by atoms with Crippen molar-refractivity contribution < 1.29 is 14.3 Å². The average molecular weight is 334 g/mol. The topological polar surface area (TPSA) is 64.8 Å². The number of nitrogens with zero attached hydrogens (tertiary/aromatic N) is 1. The van der Waals surface area contributed by atoms with Gasteiger partial charge in [-0.2, -0.15) is 0 Å². The number of carbonyl (C=O) groups is 1. The predicted octanol–water partition coefficient (Wildman–Crippen LogP) is 2.88. The fourth-order valence-corrected chi connectivity index (χ4v) is 3.04. The molecule has 0 saturated carbocycles. The van der Waals surface area contributed by atoms with E-state index in [1.165, 1.54) is 5.56 Å². The zero-order valence-electron chi connectivity index (χ0n) is 14.9. The van der Waals surface area contributed by atoms with Crippen LogP contribution < -0.4 is 10.5 Å². The number of hydrogen-bond acceptors (Lipinski definition) is 5. The highest BCUT2D eigenvalue weighted by molar-refractivity contribution is 5.72. The lowest BCUT2D eigenvalue weighted by molar-refractivity contribution is -0.149. The van der Waals surface area contributed by atoms with Crippen molar-refractivity contribution in [1.29, 1.82) is 0 Å². The summed E-state index contributed by atoms with van der Waals surface area (Å²) < 4.78 is 10.7. The first kappa shape index (κ1) is 18.6. The number of esters is 1. The fraction of sp³-hybridized carbons (Fsp3) is 0.632. The Hall–Kier alpha value is -1.75. The number of nitrogens with two attached hydrogens (primary N) is 1. The van der Waals surface area contributed by atoms with E-state index >= 15 is 0 Å². The van der Waals surface area contributed by atoms with Crippen LogP contribution in [-0.2, 0) is 16.0 Å². The Bertz CT molecular complexity index is 525. The SMILES string of the molecule is CCCOc1ccc(CCN2CCC(C(=O)OCC)CC2)cc1N. The Morgan fingerprint density at radius 2 is 2.04 bits per heavy atom. The lowest BCUT2D eigenvalue weighted by Crippen LogP contribution is -2.38. The van der Waals surface area contributed by atoms with Gasteiger partial charge in [-0.3, -0.25) is 4.79 Å². The van der Waals surface area contributed by atoms with Gasteiger partial charge in [0.25, 0.3) is 0 Å². The molecule has 0 amide bonds. The summed E-state index contributed by atoms with van der Waals surface area (Å²) in [6.45, 7) is 8.00. The molecule has 1 saturated heterocycles. The second-order valence-corrected chi connectivity index (χ2v) is 6.34. The Morgan fingerprint density at radius 3 is 2.67 bits per heavy atom. The standard InChI is InChI=1S/C19H30N2O3/c1-3-13-24-18-6-5-15(14-17(18)20)7-10-21-11-8-16(9-12-21)19(22)23-4-2/h5-6,14,16H,3-4,7-13,20H2,1-2H3. The molecule has 134 valence electrons. The highest BCUT2D eigenvalue weighted by atomic mass is 16.5. The van der Waals surface area contributed by atoms with Crippen LogP contribution in [0.25, 0.3) is 0 Å². The minimum Gasteiger partial charge on any atom is -0.491 e. The van der Waals surface area contributed by atoms with Crippen molar-refractivity contribution in [2.24, 2.45) is 5.92 Å². The van der Waals surface area contributed by atoms with E-state index in [1.807, 2.05) is 19.1 Å². The molecule has 0 aromatic heterocycles. The molecule has 1 fully saturated rings. The molecule has 1 aliphatic rings. The maximum Gasteiger partial charge on any atom is 0.309 e. The molecule has 1 aliphatic heterocycles. The minimum absolute atomic E-state index is 0.0346. The summed E-state index contributed by atoms with van der Waals surface area (Å²) >= 11 is 0. The van der Waals surface area contributed by atoms with Gasteiger partial charge in [0.2, 0.25) is 0 Å². The van der Waals surface area contributed by atoms with Crippen molar-refractivity contribution in [3.63, 3.8) is 0 Å². The van der Waals surface area contributed by atoms with Crippen LogP contribution in [0.1, 0.15) is 38.7 Å². The van der Waals surface area contributed by atoms with Crippen molar-refractivity contribution in [3.05, 3.63) is 23.8 Å². The van der Waals surface area contributed by atoms with Crippen molar-refractivity contribution in [2.75, 3.05) is 38.6 Å². The third-order valence-corrected chi connectivity index (χ3v) is 4.46. The molecule has 0 spiro atoms. The lowest BCUT2D eigenvalue weighted by Gasteiger charge is -2.30. The summed E-state index contributed by atoms with van der Waals surface area (Å²) in [7, 11) is 0. The zero-order valence-corrected chi connectivity index (χ0v) is 14.9. The highest BCUT2D eigenvalue weighted by Crippen LogP contribution is 2.24. The van der Waals surface area contributed by atoms with Crippen molar-refractivity contribution >= 4 is 11.7 Å². The van der Waals surface area contributed by atoms with E-state index in [0.717, 1.165) is 51.1 Å². The molecular weight excluding hydrogens is 304 g/mol. The Balaban J connectivity index is 1.76. The molecule has 24 heavy (non-hydrogen) atoms. The van der Waals surface area contributed by atoms with Crippen LogP contribution in [0, 0.1) is 5.92 Å². The van der Waals surface area contributed by atoms with Crippen LogP contribution >= 0.6 is 0 Å². The number of carbonyl (C=O) groups excluding carboxylic acids is 1. The quantitative estimate of drug-likeness (QED) is 0.585. The smallest absolute Gasteiger partial charge is 0.309 e. The average Bonchev–Trinajstić information content (AvgIpc) is 2.60. The molecule has 1 aromatic carbocycles. The van der Waals surface area contributed by atoms with Gasteiger partial charge in [0.15, 0.2) is 0 Å². The van der Waals surface area contributed by atoms with Gasteiger partial charge >= 0.3 is 5.97 Å². The first-order valence-electron chi connectivity index (χ1n) is 9.04. The maximum atomic E-state index is 11.8. The predicted molar refractivity (Wildman–Crippen MR) is 96.1 cm³/mol. The molecule has 1 heterocycles. The van der Waals surface area contributed by atoms with Crippen molar-refractivity contribution in [3.8, 4) is 5.75 Å². The van der Waals surface area contributed by atoms with Gasteiger partial charge in [-0.05, 0) is 63.4 Å². The number of piperidine rings is 1. The van der Waals surface area contributed by atoms with Gasteiger partial charge < -0.3 is 20.1 Å². The number of benzene rings is 1. The van der Waals surface area contributed by atoms with Gasteiger partial charge in [0.05, 0.1) is 24.8 Å². The normalized spacial score (nSPS) is 16.1. The van der Waals surface area contributed by atoms with Gasteiger partial charge in [-0.25, -0.2) is 0 Å². The van der Waals surface area contributed by atoms with E-state index in [0.29, 0.717) is 18.9 Å². The van der Waals surface area contributed by atoms with Crippen LogP contribution in [0.5, 0.6) is 5.75 Å². The highest BCUT2D eigenvalue weighted by Gasteiger charge is 2.25. The molecule has 2 rings (SSSR count). The second kappa shape index (κ2) is 9.52. The largest absolute Gasteiger partial charge is 0.491 e. The summed E-state index contributed by atoms with van der Waals surface area (Å²) in [6, 6.07) is 6.07. The van der Waals surface area contributed by atoms with Crippen LogP contribution in [0.4, 0.5) is 5.69 Å². The van der Waals surface area contributed by atoms with E-state index in [9.17, 15) is 4.79 Å². The second-order valence-electron chi connectivity index (χ2n) is 6.34. The molecule has 5 nitrogen and oxygen atoms in total. The van der Waals surface area contributed by atoms with Crippen LogP contribution in [0.15, 0.2) is 18.2 Å². The Kier molecular flexibility index (Phi) is 7.37. The van der Waals surface area contributed by atoms with Crippen LogP contribution in [0.3, 0.4) is 0 Å². The molecule has 0 unspecified atom stereocenters. The Labute approximate surface area is 145 Å². The first-order valence-corrected chi connectivity index (χ1v) is 9.04. The lowest BCUT2D eigenvalue weighted by atomic mass is 9.96. The monoisotopic (exact) mass is 334 g/mol.